The highest BCUT2D eigenvalue weighted by Gasteiger charge is 2.19. The highest BCUT2D eigenvalue weighted by atomic mass is 16.4. The maximum absolute atomic E-state index is 12.2. The Bertz CT molecular complexity index is 727. The zero-order valence-electron chi connectivity index (χ0n) is 14.3. The summed E-state index contributed by atoms with van der Waals surface area (Å²) in [6.07, 6.45) is 1.60. The van der Waals surface area contributed by atoms with E-state index in [0.29, 0.717) is 12.3 Å². The third kappa shape index (κ3) is 5.01. The van der Waals surface area contributed by atoms with E-state index >= 15 is 0 Å². The third-order valence-electron chi connectivity index (χ3n) is 3.27. The van der Waals surface area contributed by atoms with Crippen LogP contribution >= 0.6 is 0 Å². The second kappa shape index (κ2) is 7.39. The van der Waals surface area contributed by atoms with Gasteiger partial charge in [-0.15, -0.1) is 0 Å². The first-order valence-electron chi connectivity index (χ1n) is 7.59. The van der Waals surface area contributed by atoms with Gasteiger partial charge in [0.05, 0.1) is 12.3 Å². The lowest BCUT2D eigenvalue weighted by Crippen LogP contribution is -2.34. The minimum Gasteiger partial charge on any atom is -0.468 e. The van der Waals surface area contributed by atoms with Gasteiger partial charge in [0.15, 0.2) is 11.5 Å². The Kier molecular flexibility index (Phi) is 5.50. The van der Waals surface area contributed by atoms with Crippen molar-refractivity contribution in [3.63, 3.8) is 0 Å². The summed E-state index contributed by atoms with van der Waals surface area (Å²) < 4.78 is 10.8. The number of nitrogens with zero attached hydrogens (tertiary/aromatic N) is 1. The minimum atomic E-state index is -1.11. The second-order valence-electron chi connectivity index (χ2n) is 6.18. The molecule has 2 aromatic heterocycles. The molecule has 2 N–H and O–H groups in total. The molecule has 6 heteroatoms. The van der Waals surface area contributed by atoms with Crippen molar-refractivity contribution in [2.75, 3.05) is 20.6 Å². The molecule has 0 aliphatic rings. The zero-order chi connectivity index (χ0) is 17.7. The number of amides is 1. The molecule has 0 saturated carbocycles. The molecule has 0 radical (unpaired) electrons. The van der Waals surface area contributed by atoms with Gasteiger partial charge in [0.1, 0.15) is 11.4 Å². The molecule has 24 heavy (non-hydrogen) atoms. The van der Waals surface area contributed by atoms with E-state index in [2.05, 4.69) is 17.2 Å². The van der Waals surface area contributed by atoms with Crippen LogP contribution in [0, 0.1) is 11.8 Å². The van der Waals surface area contributed by atoms with Crippen molar-refractivity contribution in [1.29, 1.82) is 0 Å². The topological polar surface area (TPSA) is 78.9 Å². The fraction of sp³-hybridized carbons (Fsp3) is 0.389. The summed E-state index contributed by atoms with van der Waals surface area (Å²) in [5.74, 6) is 6.28. The van der Waals surface area contributed by atoms with Gasteiger partial charge < -0.3 is 19.3 Å². The van der Waals surface area contributed by atoms with Crippen LogP contribution in [-0.4, -0.2) is 42.2 Å². The van der Waals surface area contributed by atoms with Gasteiger partial charge in [-0.2, -0.15) is 0 Å². The van der Waals surface area contributed by atoms with E-state index in [4.69, 9.17) is 8.83 Å². The molecule has 128 valence electrons. The summed E-state index contributed by atoms with van der Waals surface area (Å²) in [5, 5.41) is 12.4. The van der Waals surface area contributed by atoms with Crippen LogP contribution in [0.15, 0.2) is 39.4 Å². The highest BCUT2D eigenvalue weighted by Crippen LogP contribution is 2.18. The average molecular weight is 330 g/mol. The molecule has 6 nitrogen and oxygen atoms in total. The van der Waals surface area contributed by atoms with E-state index in [1.165, 1.54) is 0 Å². The van der Waals surface area contributed by atoms with Crippen molar-refractivity contribution in [1.82, 2.24) is 10.2 Å². The summed E-state index contributed by atoms with van der Waals surface area (Å²) in [7, 11) is 3.83. The smallest absolute Gasteiger partial charge is 0.287 e. The van der Waals surface area contributed by atoms with Crippen LogP contribution in [0.1, 0.15) is 42.0 Å². The monoisotopic (exact) mass is 330 g/mol. The van der Waals surface area contributed by atoms with Crippen LogP contribution in [0.4, 0.5) is 0 Å². The van der Waals surface area contributed by atoms with Gasteiger partial charge in [0.2, 0.25) is 0 Å². The van der Waals surface area contributed by atoms with Gasteiger partial charge in [0.25, 0.3) is 5.91 Å². The Morgan fingerprint density at radius 2 is 2.12 bits per heavy atom. The number of carbonyl (C=O) groups is 1. The molecular formula is C18H22N2O4. The molecule has 0 aromatic carbocycles. The molecule has 1 atom stereocenters. The Morgan fingerprint density at radius 3 is 2.71 bits per heavy atom. The number of aliphatic hydroxyl groups is 1. The molecule has 0 saturated heterocycles. The van der Waals surface area contributed by atoms with Crippen molar-refractivity contribution in [2.45, 2.75) is 25.5 Å². The predicted molar refractivity (Wildman–Crippen MR) is 89.4 cm³/mol. The zero-order valence-corrected chi connectivity index (χ0v) is 14.3. The molecule has 2 rings (SSSR count). The summed E-state index contributed by atoms with van der Waals surface area (Å²) in [5.41, 5.74) is -1.11. The lowest BCUT2D eigenvalue weighted by Gasteiger charge is -2.22. The van der Waals surface area contributed by atoms with Gasteiger partial charge in [-0.1, -0.05) is 5.92 Å². The van der Waals surface area contributed by atoms with E-state index in [-0.39, 0.29) is 17.7 Å². The fourth-order valence-corrected chi connectivity index (χ4v) is 2.04. The van der Waals surface area contributed by atoms with Crippen LogP contribution in [0.25, 0.3) is 0 Å². The number of carbonyl (C=O) groups excluding carboxylic acids is 1. The van der Waals surface area contributed by atoms with Crippen LogP contribution in [0.3, 0.4) is 0 Å². The van der Waals surface area contributed by atoms with Crippen molar-refractivity contribution >= 4 is 5.91 Å². The summed E-state index contributed by atoms with van der Waals surface area (Å²) in [6, 6.07) is 6.76. The lowest BCUT2D eigenvalue weighted by atomic mass is 10.1. The summed E-state index contributed by atoms with van der Waals surface area (Å²) in [6.45, 7) is 3.53. The van der Waals surface area contributed by atoms with E-state index in [0.717, 1.165) is 5.76 Å². The molecule has 2 aromatic rings. The van der Waals surface area contributed by atoms with E-state index in [1.54, 1.807) is 32.2 Å². The predicted octanol–water partition coefficient (Wildman–Crippen LogP) is 2.03. The Hall–Kier alpha value is -2.49. The van der Waals surface area contributed by atoms with E-state index in [1.807, 2.05) is 31.1 Å². The van der Waals surface area contributed by atoms with Gasteiger partial charge in [-0.05, 0) is 58.1 Å². The number of nitrogens with one attached hydrogen (secondary N) is 1. The van der Waals surface area contributed by atoms with Crippen molar-refractivity contribution in [2.24, 2.45) is 0 Å². The molecule has 0 fully saturated rings. The maximum atomic E-state index is 12.2. The molecular weight excluding hydrogens is 308 g/mol. The van der Waals surface area contributed by atoms with Gasteiger partial charge in [0, 0.05) is 6.54 Å². The largest absolute Gasteiger partial charge is 0.468 e. The molecule has 0 aliphatic heterocycles. The Balaban J connectivity index is 1.99. The quantitative estimate of drug-likeness (QED) is 0.820. The van der Waals surface area contributed by atoms with Crippen LogP contribution in [-0.2, 0) is 0 Å². The van der Waals surface area contributed by atoms with Crippen LogP contribution < -0.4 is 5.32 Å². The van der Waals surface area contributed by atoms with Gasteiger partial charge in [-0.25, -0.2) is 0 Å². The molecule has 1 amide bonds. The van der Waals surface area contributed by atoms with Gasteiger partial charge >= 0.3 is 0 Å². The molecule has 0 bridgehead atoms. The number of furan rings is 2. The average Bonchev–Trinajstić information content (AvgIpc) is 3.16. The molecule has 0 aliphatic carbocycles. The first kappa shape index (κ1) is 17.9. The Morgan fingerprint density at radius 1 is 1.38 bits per heavy atom. The molecule has 1 unspecified atom stereocenters. The fourth-order valence-electron chi connectivity index (χ4n) is 2.04. The lowest BCUT2D eigenvalue weighted by molar-refractivity contribution is 0.0910. The SMILES string of the molecule is CN(C)C(CNC(=O)c1ccc(C#CC(C)(C)O)o1)c1ccco1. The van der Waals surface area contributed by atoms with Gasteiger partial charge in [-0.3, -0.25) is 9.69 Å². The standard InChI is InChI=1S/C18H22N2O4/c1-18(2,22)10-9-13-7-8-16(24-13)17(21)19-12-14(20(3)4)15-6-5-11-23-15/h5-8,11,14,22H,12H2,1-4H3,(H,19,21). The summed E-state index contributed by atoms with van der Waals surface area (Å²) in [4.78, 5) is 14.2. The van der Waals surface area contributed by atoms with Crippen molar-refractivity contribution in [3.8, 4) is 11.8 Å². The van der Waals surface area contributed by atoms with E-state index < -0.39 is 5.60 Å². The first-order chi connectivity index (χ1) is 11.3. The number of rotatable bonds is 5. The molecule has 0 spiro atoms. The first-order valence-corrected chi connectivity index (χ1v) is 7.59. The van der Waals surface area contributed by atoms with Crippen LogP contribution in [0.5, 0.6) is 0 Å². The van der Waals surface area contributed by atoms with E-state index in [9.17, 15) is 9.90 Å². The van der Waals surface area contributed by atoms with Crippen LogP contribution in [0.2, 0.25) is 0 Å². The summed E-state index contributed by atoms with van der Waals surface area (Å²) >= 11 is 0. The number of hydrogen-bond donors (Lipinski definition) is 2. The van der Waals surface area contributed by atoms with Crippen molar-refractivity contribution in [3.05, 3.63) is 47.8 Å². The third-order valence-corrected chi connectivity index (χ3v) is 3.27. The highest BCUT2D eigenvalue weighted by molar-refractivity contribution is 5.91. The maximum Gasteiger partial charge on any atom is 0.287 e. The number of hydrogen-bond acceptors (Lipinski definition) is 5. The van der Waals surface area contributed by atoms with Crippen molar-refractivity contribution < 1.29 is 18.7 Å². The number of likely N-dealkylation sites (N-methyl/N-ethyl adjacent to an activating group) is 1. The Labute approximate surface area is 141 Å². The molecule has 2 heterocycles. The second-order valence-corrected chi connectivity index (χ2v) is 6.18. The minimum absolute atomic E-state index is 0.0756. The normalized spacial score (nSPS) is 12.6.